The summed E-state index contributed by atoms with van der Waals surface area (Å²) in [5, 5.41) is 33.6. The van der Waals surface area contributed by atoms with Crippen LogP contribution >= 0.6 is 49.0 Å². The van der Waals surface area contributed by atoms with E-state index in [0.29, 0.717) is 127 Å². The van der Waals surface area contributed by atoms with E-state index in [1.54, 1.807) is 0 Å². The molecule has 1 aromatic heterocycles. The molecule has 1 aromatic rings. The molecule has 5 amide bonds. The minimum Gasteiger partial charge on any atom is -0.386 e. The Kier molecular flexibility index (Phi) is 33.1. The first kappa shape index (κ1) is 74.1. The van der Waals surface area contributed by atoms with E-state index < -0.39 is 70.1 Å². The van der Waals surface area contributed by atoms with E-state index >= 15 is 0 Å². The van der Waals surface area contributed by atoms with Gasteiger partial charge in [0.15, 0.2) is 11.9 Å². The van der Waals surface area contributed by atoms with E-state index in [1.807, 2.05) is 18.7 Å². The van der Waals surface area contributed by atoms with Gasteiger partial charge in [0, 0.05) is 98.9 Å². The lowest BCUT2D eigenvalue weighted by atomic mass is 10.0. The maximum atomic E-state index is 13.6. The fraction of sp³-hybridized carbons (Fsp3) is 0.804. The number of anilines is 1. The van der Waals surface area contributed by atoms with Crippen molar-refractivity contribution in [2.24, 2.45) is 10.2 Å². The van der Waals surface area contributed by atoms with Gasteiger partial charge in [0.05, 0.1) is 64.9 Å². The Bertz CT molecular complexity index is 2550. The van der Waals surface area contributed by atoms with Crippen LogP contribution < -0.4 is 38.0 Å². The Labute approximate surface area is 517 Å². The van der Waals surface area contributed by atoms with Crippen LogP contribution in [0.5, 0.6) is 0 Å². The number of Topliss-reactive ketones (excluding diaryl/α,β-unsaturated/α-hetero) is 2. The fourth-order valence-corrected chi connectivity index (χ4v) is 13.8. The zero-order chi connectivity index (χ0) is 63.2. The predicted molar refractivity (Wildman–Crippen MR) is 320 cm³/mol. The average molecular weight is 1330 g/mol. The Hall–Kier alpha value is -3.67. The third-order valence-corrected chi connectivity index (χ3v) is 19.0. The zero-order valence-electron chi connectivity index (χ0n) is 48.9. The van der Waals surface area contributed by atoms with Gasteiger partial charge in [0.25, 0.3) is 0 Å². The molecular formula is C51H86N10O21P2S3. The molecule has 3 fully saturated rings. The molecular weight excluding hydrogens is 1250 g/mol. The molecule has 494 valence electrons. The minimum atomic E-state index is -5.31. The fourth-order valence-electron chi connectivity index (χ4n) is 9.42. The number of phosphoric acid groups is 2. The Morgan fingerprint density at radius 2 is 1.45 bits per heavy atom. The molecule has 0 aliphatic carbocycles. The summed E-state index contributed by atoms with van der Waals surface area (Å²) in [7, 11) is -7.48. The lowest BCUT2D eigenvalue weighted by Crippen LogP contribution is -2.47. The number of nitrogens with two attached hydrogens (primary N) is 1. The minimum absolute atomic E-state index is 0.0191. The van der Waals surface area contributed by atoms with Crippen LogP contribution in [0, 0.1) is 0 Å². The van der Waals surface area contributed by atoms with Gasteiger partial charge in [-0.1, -0.05) is 40.9 Å². The summed E-state index contributed by atoms with van der Waals surface area (Å²) in [6.07, 6.45) is 2.19. The summed E-state index contributed by atoms with van der Waals surface area (Å²) in [6, 6.07) is -0.598. The van der Waals surface area contributed by atoms with E-state index in [0.717, 1.165) is 29.6 Å². The number of carbonyl (C=O) groups is 6. The lowest BCUT2D eigenvalue weighted by molar-refractivity contribution is -0.129. The van der Waals surface area contributed by atoms with Crippen molar-refractivity contribution in [1.82, 2.24) is 36.1 Å². The first-order chi connectivity index (χ1) is 41.5. The highest BCUT2D eigenvalue weighted by molar-refractivity contribution is 8.76. The molecule has 0 bridgehead atoms. The number of ether oxygens (including phenoxy) is 5. The molecule has 0 radical (unpaired) electrons. The van der Waals surface area contributed by atoms with Crippen molar-refractivity contribution in [1.29, 1.82) is 0 Å². The second kappa shape index (κ2) is 38.9. The smallest absolute Gasteiger partial charge is 0.386 e. The van der Waals surface area contributed by atoms with Gasteiger partial charge in [-0.25, -0.2) is 18.7 Å². The van der Waals surface area contributed by atoms with Gasteiger partial charge in [-0.3, -0.25) is 37.6 Å². The predicted octanol–water partition coefficient (Wildman–Crippen LogP) is 2.11. The maximum absolute atomic E-state index is 13.6. The number of aryl methyl sites for hydroxylation is 1. The highest BCUT2D eigenvalue weighted by atomic mass is 33.1. The average Bonchev–Trinajstić information content (AvgIpc) is 1.92. The molecule has 12 N–H and O–H groups in total. The van der Waals surface area contributed by atoms with Crippen molar-refractivity contribution in [3.63, 3.8) is 0 Å². The number of phosphoric ester groups is 2. The van der Waals surface area contributed by atoms with Crippen molar-refractivity contribution in [3.05, 3.63) is 22.2 Å². The summed E-state index contributed by atoms with van der Waals surface area (Å²) in [6.45, 7) is 4.30. The monoisotopic (exact) mass is 1330 g/mol. The summed E-state index contributed by atoms with van der Waals surface area (Å²) >= 11 is 1.88. The molecule has 0 saturated carbocycles. The largest absolute Gasteiger partial charge is 0.470 e. The van der Waals surface area contributed by atoms with E-state index in [4.69, 9.17) is 39.2 Å². The van der Waals surface area contributed by atoms with Crippen LogP contribution in [0.1, 0.15) is 121 Å². The number of hydrogen-bond donors (Lipinski definition) is 11. The van der Waals surface area contributed by atoms with Crippen molar-refractivity contribution >= 4 is 90.1 Å². The van der Waals surface area contributed by atoms with Crippen LogP contribution in [0.3, 0.4) is 0 Å². The molecule has 8 atom stereocenters. The number of unbranched alkanes of at least 4 members (excludes halogenated alkanes) is 3. The number of rotatable bonds is 49. The highest BCUT2D eigenvalue weighted by Gasteiger charge is 2.49. The second-order valence-corrected chi connectivity index (χ2v) is 27.7. The number of fused-ring (bicyclic) bond motifs is 1. The van der Waals surface area contributed by atoms with E-state index in [2.05, 4.69) is 50.8 Å². The van der Waals surface area contributed by atoms with Crippen LogP contribution in [0.25, 0.3) is 0 Å². The number of thioether (sulfide) groups is 1. The number of ketones is 2. The van der Waals surface area contributed by atoms with Crippen LogP contribution in [0.2, 0.25) is 0 Å². The number of aliphatic hydroxyl groups is 1. The molecule has 5 rings (SSSR count). The van der Waals surface area contributed by atoms with Gasteiger partial charge in [-0.2, -0.15) is 27.0 Å². The van der Waals surface area contributed by atoms with Gasteiger partial charge >= 0.3 is 27.4 Å². The number of nitrogen functional groups attached to an aromatic ring is 1. The van der Waals surface area contributed by atoms with Crippen LogP contribution in [0.4, 0.5) is 10.6 Å². The SMILES string of the molecule is CC1(CCC(=O)NCCSSCCC(=O)N[C@@H](CCCCCC(=O)CCOCCOCCOCCOCCCC(=O)CCCC[C@@H]2SC[C@@H]3NC(=O)N[C@@H]32)C(=O)NCCCc2cn([C@@H]3O[C@H](COP(=O)(O)O)[C@H](OP(=O)(O)O)C3O)c(=O)nc2N)N=N1. The maximum Gasteiger partial charge on any atom is 0.470 e. The third-order valence-electron chi connectivity index (χ3n) is 14.1. The van der Waals surface area contributed by atoms with Gasteiger partial charge in [-0.05, 0) is 51.9 Å². The van der Waals surface area contributed by atoms with E-state index in [9.17, 15) is 57.6 Å². The number of nitrogens with zero attached hydrogens (tertiary/aromatic N) is 4. The lowest BCUT2D eigenvalue weighted by Gasteiger charge is -2.21. The zero-order valence-corrected chi connectivity index (χ0v) is 53.1. The molecule has 5 heterocycles. The van der Waals surface area contributed by atoms with E-state index in [1.165, 1.54) is 27.8 Å². The molecule has 4 aliphatic heterocycles. The van der Waals surface area contributed by atoms with Gasteiger partial charge < -0.3 is 80.7 Å². The number of aliphatic hydroxyl groups excluding tert-OH is 1. The third kappa shape index (κ3) is 29.9. The van der Waals surface area contributed by atoms with Crippen molar-refractivity contribution < 1.29 is 95.3 Å². The van der Waals surface area contributed by atoms with Crippen molar-refractivity contribution in [2.45, 2.75) is 170 Å². The summed E-state index contributed by atoms with van der Waals surface area (Å²) in [4.78, 5) is 129. The standard InChI is InChI=1S/C51H86N10O21P2S3/c1-51(59-60-51)18-15-41(64)53-20-30-87-86-29-17-42(65)55-37(47(67)54-19-7-9-34-31-61(50(69)58-46(34)52)48-44(66)45(82-84(73,74)75)39(81-48)32-80-83(70,71)72)13-4-2-3-10-36(63)16-22-77-24-26-79-28-27-78-25-23-76-21-8-12-35(62)11-5-6-14-40-43-38(33-85-40)56-49(68)57-43/h31,37-40,43-45,48,66H,2-30,32-33H2,1H3,(H,53,64)(H,54,67)(H,55,65)(H2,52,58,69)(H2,56,57,68)(H2,70,71,72)(H2,73,74,75)/t37-,38-,39+,40-,43-,44?,45-,48+/m0/s1. The summed E-state index contributed by atoms with van der Waals surface area (Å²) in [5.74, 6) is 1.12. The van der Waals surface area contributed by atoms with Crippen LogP contribution in [0.15, 0.2) is 21.2 Å². The Morgan fingerprint density at radius 1 is 0.793 bits per heavy atom. The topological polar surface area (TPSA) is 448 Å². The Morgan fingerprint density at radius 3 is 2.14 bits per heavy atom. The van der Waals surface area contributed by atoms with Crippen LogP contribution in [-0.4, -0.2) is 207 Å². The first-order valence-electron chi connectivity index (χ1n) is 29.2. The molecule has 87 heavy (non-hydrogen) atoms. The number of amides is 5. The van der Waals surface area contributed by atoms with E-state index in [-0.39, 0.29) is 98.1 Å². The highest BCUT2D eigenvalue weighted by Crippen LogP contribution is 2.45. The summed E-state index contributed by atoms with van der Waals surface area (Å²) < 4.78 is 60.6. The van der Waals surface area contributed by atoms with Crippen molar-refractivity contribution in [3.8, 4) is 0 Å². The second-order valence-electron chi connectivity index (χ2n) is 21.3. The first-order valence-corrected chi connectivity index (χ1v) is 35.8. The number of aromatic nitrogens is 2. The summed E-state index contributed by atoms with van der Waals surface area (Å²) in [5.41, 5.74) is 4.79. The van der Waals surface area contributed by atoms with Gasteiger partial charge in [0.1, 0.15) is 41.7 Å². The molecule has 31 nitrogen and oxygen atoms in total. The van der Waals surface area contributed by atoms with Gasteiger partial charge in [-0.15, -0.1) is 0 Å². The number of carbonyl (C=O) groups excluding carboxylic acids is 6. The number of nitrogens with one attached hydrogen (secondary N) is 5. The quantitative estimate of drug-likeness (QED) is 0.0193. The number of urea groups is 1. The number of hydrogen-bond acceptors (Lipinski definition) is 24. The molecule has 36 heteroatoms. The molecule has 3 saturated heterocycles. The molecule has 1 unspecified atom stereocenters. The normalized spacial score (nSPS) is 21.5. The Balaban J connectivity index is 0.928. The van der Waals surface area contributed by atoms with Crippen molar-refractivity contribution in [2.75, 3.05) is 95.5 Å². The van der Waals surface area contributed by atoms with Gasteiger partial charge in [0.2, 0.25) is 17.7 Å². The molecule has 0 aromatic carbocycles. The molecule has 4 aliphatic rings. The van der Waals surface area contributed by atoms with Crippen LogP contribution in [-0.2, 0) is 72.3 Å². The molecule has 0 spiro atoms.